The molecule has 2 aromatic carbocycles. The summed E-state index contributed by atoms with van der Waals surface area (Å²) in [7, 11) is -3.81. The standard InChI is InChI=1S/C18H15IN4O4S2/c1-11-9-16(22-27-11)23-29(25,26)15-7-5-14(6-8-15)20-18(28)21-17(24)12-3-2-4-13(19)10-12/h2-10H,1H3,(H,22,23)(H2,20,21,24,28). The summed E-state index contributed by atoms with van der Waals surface area (Å²) in [4.78, 5) is 12.3. The van der Waals surface area contributed by atoms with E-state index in [0.717, 1.165) is 3.57 Å². The normalized spacial score (nSPS) is 11.0. The van der Waals surface area contributed by atoms with Crippen LogP contribution in [0.25, 0.3) is 0 Å². The van der Waals surface area contributed by atoms with Gasteiger partial charge in [-0.05, 0) is 84.2 Å². The number of rotatable bonds is 5. The van der Waals surface area contributed by atoms with Crippen molar-refractivity contribution in [3.8, 4) is 0 Å². The van der Waals surface area contributed by atoms with Crippen molar-refractivity contribution in [2.24, 2.45) is 0 Å². The smallest absolute Gasteiger partial charge is 0.263 e. The van der Waals surface area contributed by atoms with E-state index in [1.807, 2.05) is 6.07 Å². The number of carbonyl (C=O) groups excluding carboxylic acids is 1. The molecule has 0 aliphatic heterocycles. The molecule has 29 heavy (non-hydrogen) atoms. The van der Waals surface area contributed by atoms with E-state index in [4.69, 9.17) is 16.7 Å². The molecule has 8 nitrogen and oxygen atoms in total. The summed E-state index contributed by atoms with van der Waals surface area (Å²) in [5.41, 5.74) is 1.01. The first-order valence-corrected chi connectivity index (χ1v) is 11.1. The highest BCUT2D eigenvalue weighted by Gasteiger charge is 2.16. The van der Waals surface area contributed by atoms with Gasteiger partial charge in [-0.3, -0.25) is 14.8 Å². The Labute approximate surface area is 186 Å². The molecule has 0 radical (unpaired) electrons. The van der Waals surface area contributed by atoms with Crippen molar-refractivity contribution in [2.75, 3.05) is 10.0 Å². The van der Waals surface area contributed by atoms with Crippen LogP contribution in [0.1, 0.15) is 16.1 Å². The van der Waals surface area contributed by atoms with Crippen LogP contribution in [0.3, 0.4) is 0 Å². The number of thiocarbonyl (C=S) groups is 1. The lowest BCUT2D eigenvalue weighted by atomic mass is 10.2. The minimum absolute atomic E-state index is 0.0394. The van der Waals surface area contributed by atoms with E-state index in [9.17, 15) is 13.2 Å². The fourth-order valence-corrected chi connectivity index (χ4v) is 4.03. The summed E-state index contributed by atoms with van der Waals surface area (Å²) >= 11 is 7.26. The Hall–Kier alpha value is -2.51. The highest BCUT2D eigenvalue weighted by Crippen LogP contribution is 2.18. The van der Waals surface area contributed by atoms with Crippen LogP contribution < -0.4 is 15.4 Å². The van der Waals surface area contributed by atoms with Crippen molar-refractivity contribution in [3.63, 3.8) is 0 Å². The predicted octanol–water partition coefficient (Wildman–Crippen LogP) is 3.52. The molecular weight excluding hydrogens is 527 g/mol. The summed E-state index contributed by atoms with van der Waals surface area (Å²) in [6.45, 7) is 1.66. The molecule has 0 saturated carbocycles. The van der Waals surface area contributed by atoms with Gasteiger partial charge in [0.2, 0.25) is 0 Å². The van der Waals surface area contributed by atoms with Crippen LogP contribution in [0.5, 0.6) is 0 Å². The highest BCUT2D eigenvalue weighted by molar-refractivity contribution is 14.1. The fraction of sp³-hybridized carbons (Fsp3) is 0.0556. The van der Waals surface area contributed by atoms with Gasteiger partial charge < -0.3 is 9.84 Å². The molecule has 3 rings (SSSR count). The summed E-state index contributed by atoms with van der Waals surface area (Å²) < 4.78 is 32.9. The lowest BCUT2D eigenvalue weighted by Gasteiger charge is -2.11. The largest absolute Gasteiger partial charge is 0.360 e. The molecule has 0 bridgehead atoms. The number of benzene rings is 2. The van der Waals surface area contributed by atoms with Crippen LogP contribution in [-0.2, 0) is 10.0 Å². The second-order valence-corrected chi connectivity index (χ2v) is 9.21. The topological polar surface area (TPSA) is 113 Å². The molecule has 0 aliphatic rings. The van der Waals surface area contributed by atoms with Crippen LogP contribution in [0.4, 0.5) is 11.5 Å². The summed E-state index contributed by atoms with van der Waals surface area (Å²) in [6.07, 6.45) is 0. The van der Waals surface area contributed by atoms with Crippen LogP contribution in [0.15, 0.2) is 64.0 Å². The Morgan fingerprint density at radius 1 is 1.14 bits per heavy atom. The molecule has 1 heterocycles. The second kappa shape index (κ2) is 8.88. The Kier molecular flexibility index (Phi) is 6.49. The molecule has 11 heteroatoms. The van der Waals surface area contributed by atoms with Crippen molar-refractivity contribution in [2.45, 2.75) is 11.8 Å². The van der Waals surface area contributed by atoms with Crippen LogP contribution in [0, 0.1) is 10.5 Å². The molecule has 3 N–H and O–H groups in total. The molecule has 150 valence electrons. The maximum atomic E-state index is 12.4. The van der Waals surface area contributed by atoms with Gasteiger partial charge >= 0.3 is 0 Å². The summed E-state index contributed by atoms with van der Waals surface area (Å²) in [5.74, 6) is 0.250. The van der Waals surface area contributed by atoms with Gasteiger partial charge in [-0.25, -0.2) is 8.42 Å². The van der Waals surface area contributed by atoms with E-state index in [-0.39, 0.29) is 21.7 Å². The van der Waals surface area contributed by atoms with Crippen LogP contribution in [-0.4, -0.2) is 24.6 Å². The van der Waals surface area contributed by atoms with Gasteiger partial charge in [-0.15, -0.1) is 0 Å². The number of hydrogen-bond donors (Lipinski definition) is 3. The number of amides is 1. The second-order valence-electron chi connectivity index (χ2n) is 5.87. The first-order valence-electron chi connectivity index (χ1n) is 8.17. The monoisotopic (exact) mass is 542 g/mol. The zero-order chi connectivity index (χ0) is 21.0. The van der Waals surface area contributed by atoms with Crippen LogP contribution in [0.2, 0.25) is 0 Å². The van der Waals surface area contributed by atoms with Crippen molar-refractivity contribution in [3.05, 3.63) is 69.5 Å². The molecule has 0 atom stereocenters. The first-order chi connectivity index (χ1) is 13.7. The number of nitrogens with one attached hydrogen (secondary N) is 3. The van der Waals surface area contributed by atoms with E-state index in [2.05, 4.69) is 43.1 Å². The number of aromatic nitrogens is 1. The minimum atomic E-state index is -3.81. The van der Waals surface area contributed by atoms with Gasteiger partial charge in [0.05, 0.1) is 4.90 Å². The summed E-state index contributed by atoms with van der Waals surface area (Å²) in [6, 6.07) is 14.4. The lowest BCUT2D eigenvalue weighted by Crippen LogP contribution is -2.34. The summed E-state index contributed by atoms with van der Waals surface area (Å²) in [5, 5.41) is 9.13. The minimum Gasteiger partial charge on any atom is -0.360 e. The molecule has 0 aliphatic carbocycles. The number of sulfonamides is 1. The maximum Gasteiger partial charge on any atom is 0.263 e. The van der Waals surface area contributed by atoms with E-state index in [1.165, 1.54) is 30.3 Å². The van der Waals surface area contributed by atoms with Crippen molar-refractivity contribution >= 4 is 67.4 Å². The van der Waals surface area contributed by atoms with E-state index in [1.54, 1.807) is 25.1 Å². The lowest BCUT2D eigenvalue weighted by molar-refractivity contribution is 0.0977. The van der Waals surface area contributed by atoms with Crippen molar-refractivity contribution in [1.82, 2.24) is 10.5 Å². The Morgan fingerprint density at radius 3 is 2.48 bits per heavy atom. The molecule has 1 aromatic heterocycles. The number of nitrogens with zero attached hydrogens (tertiary/aromatic N) is 1. The molecule has 1 amide bonds. The number of aryl methyl sites for hydroxylation is 1. The average molecular weight is 542 g/mol. The maximum absolute atomic E-state index is 12.4. The van der Waals surface area contributed by atoms with E-state index < -0.39 is 10.0 Å². The van der Waals surface area contributed by atoms with E-state index in [0.29, 0.717) is 17.0 Å². The van der Waals surface area contributed by atoms with Crippen molar-refractivity contribution in [1.29, 1.82) is 0 Å². The fourth-order valence-electron chi connectivity index (χ4n) is 2.30. The van der Waals surface area contributed by atoms with Gasteiger partial charge in [0.15, 0.2) is 10.9 Å². The zero-order valence-corrected chi connectivity index (χ0v) is 18.8. The Bertz CT molecular complexity index is 1160. The Morgan fingerprint density at radius 2 is 1.86 bits per heavy atom. The van der Waals surface area contributed by atoms with Gasteiger partial charge in [0.1, 0.15) is 5.76 Å². The number of anilines is 2. The number of halogens is 1. The first kappa shape index (κ1) is 21.2. The SMILES string of the molecule is Cc1cc(NS(=O)(=O)c2ccc(NC(=S)NC(=O)c3cccc(I)c3)cc2)no1. The third kappa shape index (κ3) is 5.74. The third-order valence-corrected chi connectivity index (χ3v) is 5.85. The molecule has 0 unspecified atom stereocenters. The van der Waals surface area contributed by atoms with E-state index >= 15 is 0 Å². The number of hydrogen-bond acceptors (Lipinski definition) is 6. The predicted molar refractivity (Wildman–Crippen MR) is 121 cm³/mol. The molecule has 3 aromatic rings. The van der Waals surface area contributed by atoms with Gasteiger partial charge in [-0.2, -0.15) is 0 Å². The number of carbonyl (C=O) groups is 1. The van der Waals surface area contributed by atoms with Gasteiger partial charge in [0, 0.05) is 20.9 Å². The molecule has 0 fully saturated rings. The Balaban J connectivity index is 1.62. The molecule has 0 saturated heterocycles. The molecule has 0 spiro atoms. The quantitative estimate of drug-likeness (QED) is 0.334. The zero-order valence-electron chi connectivity index (χ0n) is 15.0. The third-order valence-electron chi connectivity index (χ3n) is 3.60. The van der Waals surface area contributed by atoms with Crippen LogP contribution >= 0.6 is 34.8 Å². The average Bonchev–Trinajstić information content (AvgIpc) is 3.06. The van der Waals surface area contributed by atoms with Gasteiger partial charge in [0.25, 0.3) is 15.9 Å². The molecular formula is C18H15IN4O4S2. The van der Waals surface area contributed by atoms with Crippen molar-refractivity contribution < 1.29 is 17.7 Å². The van der Waals surface area contributed by atoms with Gasteiger partial charge in [-0.1, -0.05) is 11.2 Å². The highest BCUT2D eigenvalue weighted by atomic mass is 127.